The third kappa shape index (κ3) is 4.18. The van der Waals surface area contributed by atoms with Gasteiger partial charge < -0.3 is 4.74 Å². The van der Waals surface area contributed by atoms with Crippen molar-refractivity contribution in [2.45, 2.75) is 5.88 Å². The average molecular weight is 419 g/mol. The van der Waals surface area contributed by atoms with E-state index in [4.69, 9.17) is 16.3 Å². The van der Waals surface area contributed by atoms with Crippen LogP contribution in [0, 0.1) is 0 Å². The van der Waals surface area contributed by atoms with E-state index >= 15 is 0 Å². The predicted molar refractivity (Wildman–Crippen MR) is 117 cm³/mol. The summed E-state index contributed by atoms with van der Waals surface area (Å²) in [5, 5.41) is 2.87. The average Bonchev–Trinajstić information content (AvgIpc) is 3.23. The number of pyridine rings is 1. The number of anilines is 1. The van der Waals surface area contributed by atoms with E-state index in [0.29, 0.717) is 17.5 Å². The van der Waals surface area contributed by atoms with Crippen molar-refractivity contribution in [1.82, 2.24) is 14.5 Å². The Balaban J connectivity index is 1.71. The van der Waals surface area contributed by atoms with E-state index in [0.717, 1.165) is 22.6 Å². The maximum Gasteiger partial charge on any atom is 0.276 e. The smallest absolute Gasteiger partial charge is 0.276 e. The lowest BCUT2D eigenvalue weighted by Crippen LogP contribution is -2.16. The minimum absolute atomic E-state index is 0.286. The molecule has 4 rings (SSSR count). The number of nitrogens with zero attached hydrogens (tertiary/aromatic N) is 3. The van der Waals surface area contributed by atoms with Gasteiger partial charge in [0.1, 0.15) is 11.4 Å². The molecule has 0 bridgehead atoms. The number of amides is 1. The van der Waals surface area contributed by atoms with Gasteiger partial charge in [0.05, 0.1) is 12.8 Å². The van der Waals surface area contributed by atoms with Crippen LogP contribution in [0.3, 0.4) is 0 Å². The summed E-state index contributed by atoms with van der Waals surface area (Å²) in [4.78, 5) is 21.6. The highest BCUT2D eigenvalue weighted by atomic mass is 35.5. The Labute approximate surface area is 179 Å². The van der Waals surface area contributed by atoms with Crippen LogP contribution in [-0.4, -0.2) is 27.6 Å². The first kappa shape index (κ1) is 19.7. The molecule has 0 unspecified atom stereocenters. The molecule has 4 aromatic rings. The van der Waals surface area contributed by atoms with Crippen LogP contribution in [0.2, 0.25) is 0 Å². The Hall–Kier alpha value is -3.64. The highest BCUT2D eigenvalue weighted by Gasteiger charge is 2.16. The number of hydrogen-bond donors (Lipinski definition) is 1. The number of carbonyl (C=O) groups excluding carboxylic acids is 1. The van der Waals surface area contributed by atoms with Gasteiger partial charge in [-0.1, -0.05) is 36.4 Å². The van der Waals surface area contributed by atoms with Crippen molar-refractivity contribution < 1.29 is 9.53 Å². The summed E-state index contributed by atoms with van der Waals surface area (Å²) in [6.07, 6.45) is 3.47. The molecule has 1 N–H and O–H groups in total. The Bertz CT molecular complexity index is 1160. The van der Waals surface area contributed by atoms with E-state index < -0.39 is 0 Å². The van der Waals surface area contributed by atoms with Gasteiger partial charge in [-0.2, -0.15) is 0 Å². The molecular formula is C23H19ClN4O2. The lowest BCUT2D eigenvalue weighted by Gasteiger charge is -2.08. The highest BCUT2D eigenvalue weighted by molar-refractivity contribution is 6.17. The van der Waals surface area contributed by atoms with Gasteiger partial charge in [-0.25, -0.2) is 4.98 Å². The van der Waals surface area contributed by atoms with E-state index in [1.807, 2.05) is 65.4 Å². The monoisotopic (exact) mass is 418 g/mol. The van der Waals surface area contributed by atoms with E-state index in [1.165, 1.54) is 0 Å². The van der Waals surface area contributed by atoms with Gasteiger partial charge in [-0.05, 0) is 35.9 Å². The molecule has 2 heterocycles. The first-order valence-corrected chi connectivity index (χ1v) is 9.83. The molecule has 0 atom stereocenters. The summed E-state index contributed by atoms with van der Waals surface area (Å²) >= 11 is 5.80. The number of aromatic nitrogens is 3. The molecule has 7 heteroatoms. The number of imidazole rings is 1. The number of nitrogens with one attached hydrogen (secondary N) is 1. The topological polar surface area (TPSA) is 69.0 Å². The Morgan fingerprint density at radius 1 is 1.10 bits per heavy atom. The summed E-state index contributed by atoms with van der Waals surface area (Å²) in [6, 6.07) is 20.7. The van der Waals surface area contributed by atoms with Crippen molar-refractivity contribution in [3.8, 4) is 22.7 Å². The molecular weight excluding hydrogens is 400 g/mol. The lowest BCUT2D eigenvalue weighted by molar-refractivity contribution is 0.102. The van der Waals surface area contributed by atoms with Crippen molar-refractivity contribution in [3.63, 3.8) is 0 Å². The molecule has 0 spiro atoms. The molecule has 150 valence electrons. The van der Waals surface area contributed by atoms with Crippen LogP contribution in [0.15, 0.2) is 79.1 Å². The fourth-order valence-corrected chi connectivity index (χ4v) is 3.14. The van der Waals surface area contributed by atoms with Crippen molar-refractivity contribution in [2.75, 3.05) is 12.4 Å². The molecule has 0 aliphatic carbocycles. The minimum Gasteiger partial charge on any atom is -0.497 e. The summed E-state index contributed by atoms with van der Waals surface area (Å²) in [5.74, 6) is 1.12. The second-order valence-electron chi connectivity index (χ2n) is 6.53. The van der Waals surface area contributed by atoms with Gasteiger partial charge in [0.15, 0.2) is 0 Å². The van der Waals surface area contributed by atoms with Crippen LogP contribution in [-0.2, 0) is 5.88 Å². The number of benzene rings is 2. The van der Waals surface area contributed by atoms with Crippen LogP contribution in [0.5, 0.6) is 5.75 Å². The summed E-state index contributed by atoms with van der Waals surface area (Å²) in [5.41, 5.74) is 3.59. The minimum atomic E-state index is -0.351. The largest absolute Gasteiger partial charge is 0.497 e. The van der Waals surface area contributed by atoms with Crippen LogP contribution in [0.4, 0.5) is 5.95 Å². The molecule has 0 aliphatic heterocycles. The molecule has 0 radical (unpaired) electrons. The van der Waals surface area contributed by atoms with Gasteiger partial charge >= 0.3 is 0 Å². The Morgan fingerprint density at radius 3 is 2.63 bits per heavy atom. The zero-order chi connectivity index (χ0) is 20.9. The number of methoxy groups -OCH3 is 1. The molecule has 2 aromatic heterocycles. The lowest BCUT2D eigenvalue weighted by atomic mass is 10.1. The molecule has 2 aromatic carbocycles. The summed E-state index contributed by atoms with van der Waals surface area (Å²) in [7, 11) is 1.62. The maximum atomic E-state index is 12.8. The third-order valence-electron chi connectivity index (χ3n) is 4.54. The number of rotatable bonds is 6. The number of hydrogen-bond acceptors (Lipinski definition) is 4. The third-order valence-corrected chi connectivity index (χ3v) is 4.85. The van der Waals surface area contributed by atoms with Gasteiger partial charge in [-0.3, -0.25) is 19.7 Å². The molecule has 0 saturated heterocycles. The molecule has 30 heavy (non-hydrogen) atoms. The van der Waals surface area contributed by atoms with Gasteiger partial charge in [-0.15, -0.1) is 11.6 Å². The molecule has 0 fully saturated rings. The van der Waals surface area contributed by atoms with Gasteiger partial charge in [0.25, 0.3) is 5.91 Å². The Morgan fingerprint density at radius 2 is 1.93 bits per heavy atom. The normalized spacial score (nSPS) is 10.6. The fourth-order valence-electron chi connectivity index (χ4n) is 2.98. The van der Waals surface area contributed by atoms with Crippen molar-refractivity contribution in [2.24, 2.45) is 0 Å². The summed E-state index contributed by atoms with van der Waals surface area (Å²) < 4.78 is 7.15. The molecule has 0 aliphatic rings. The second-order valence-corrected chi connectivity index (χ2v) is 6.79. The molecule has 1 amide bonds. The predicted octanol–water partition coefficient (Wildman–Crippen LogP) is 4.93. The van der Waals surface area contributed by atoms with Crippen LogP contribution < -0.4 is 10.1 Å². The standard InChI is InChI=1S/C23H19ClN4O2/c1-30-19-9-5-6-17(12-19)21-15-28(18-7-3-2-4-8-18)23(26-21)27-22(29)20-11-10-16(13-24)14-25-20/h2-12,14-15H,13H2,1H3,(H,26,27,29). The number of ether oxygens (including phenoxy) is 1. The van der Waals surface area contributed by atoms with Crippen molar-refractivity contribution in [3.05, 3.63) is 90.4 Å². The Kier molecular flexibility index (Phi) is 5.77. The maximum absolute atomic E-state index is 12.8. The van der Waals surface area contributed by atoms with Crippen molar-refractivity contribution >= 4 is 23.5 Å². The number of para-hydroxylation sites is 1. The van der Waals surface area contributed by atoms with Crippen molar-refractivity contribution in [1.29, 1.82) is 0 Å². The van der Waals surface area contributed by atoms with E-state index in [2.05, 4.69) is 15.3 Å². The van der Waals surface area contributed by atoms with E-state index in [9.17, 15) is 4.79 Å². The van der Waals surface area contributed by atoms with Gasteiger partial charge in [0.2, 0.25) is 5.95 Å². The first-order chi connectivity index (χ1) is 14.7. The first-order valence-electron chi connectivity index (χ1n) is 9.29. The van der Waals surface area contributed by atoms with Crippen LogP contribution >= 0.6 is 11.6 Å². The SMILES string of the molecule is COc1cccc(-c2cn(-c3ccccc3)c(NC(=O)c3ccc(CCl)cn3)n2)c1. The van der Waals surface area contributed by atoms with E-state index in [-0.39, 0.29) is 11.6 Å². The number of halogens is 1. The molecule has 0 saturated carbocycles. The second kappa shape index (κ2) is 8.80. The quantitative estimate of drug-likeness (QED) is 0.450. The van der Waals surface area contributed by atoms with Crippen LogP contribution in [0.25, 0.3) is 16.9 Å². The molecule has 6 nitrogen and oxygen atoms in total. The zero-order valence-corrected chi connectivity index (χ0v) is 17.0. The van der Waals surface area contributed by atoms with Crippen LogP contribution in [0.1, 0.15) is 16.1 Å². The van der Waals surface area contributed by atoms with E-state index in [1.54, 1.807) is 25.4 Å². The number of carbonyl (C=O) groups is 1. The summed E-state index contributed by atoms with van der Waals surface area (Å²) in [6.45, 7) is 0. The fraction of sp³-hybridized carbons (Fsp3) is 0.0870. The zero-order valence-electron chi connectivity index (χ0n) is 16.2. The number of alkyl halides is 1. The highest BCUT2D eigenvalue weighted by Crippen LogP contribution is 2.27. The van der Waals surface area contributed by atoms with Gasteiger partial charge in [0, 0.05) is 29.5 Å².